The molecule has 3 nitrogen and oxygen atoms in total. The maximum Gasteiger partial charge on any atom is 0.168 e. The van der Waals surface area contributed by atoms with Crippen LogP contribution in [0.4, 0.5) is 5.69 Å². The molecule has 1 aliphatic heterocycles. The quantitative estimate of drug-likeness (QED) is 0.708. The van der Waals surface area contributed by atoms with Crippen LogP contribution in [-0.4, -0.2) is 12.3 Å². The summed E-state index contributed by atoms with van der Waals surface area (Å²) >= 11 is 5.90. The molecular formula is C10H7ClN2O. The van der Waals surface area contributed by atoms with Gasteiger partial charge in [0.05, 0.1) is 21.8 Å². The molecule has 1 aliphatic rings. The predicted molar refractivity (Wildman–Crippen MR) is 53.6 cm³/mol. The third-order valence-corrected chi connectivity index (χ3v) is 2.52. The van der Waals surface area contributed by atoms with E-state index in [1.807, 2.05) is 6.07 Å². The van der Waals surface area contributed by atoms with Gasteiger partial charge in [-0.1, -0.05) is 11.6 Å². The predicted octanol–water partition coefficient (Wildman–Crippen LogP) is 2.21. The van der Waals surface area contributed by atoms with E-state index in [-0.39, 0.29) is 5.78 Å². The average Bonchev–Trinajstić information content (AvgIpc) is 2.18. The van der Waals surface area contributed by atoms with Crippen LogP contribution in [0.2, 0.25) is 5.02 Å². The van der Waals surface area contributed by atoms with Crippen LogP contribution in [0.25, 0.3) is 0 Å². The molecule has 4 heteroatoms. The van der Waals surface area contributed by atoms with Crippen LogP contribution in [0.1, 0.15) is 22.3 Å². The summed E-state index contributed by atoms with van der Waals surface area (Å²) in [6, 6.07) is 5.23. The van der Waals surface area contributed by atoms with Gasteiger partial charge >= 0.3 is 0 Å². The Bertz CT molecular complexity index is 448. The van der Waals surface area contributed by atoms with E-state index in [1.165, 1.54) is 0 Å². The van der Waals surface area contributed by atoms with Gasteiger partial charge in [-0.3, -0.25) is 4.79 Å². The molecule has 0 saturated heterocycles. The van der Waals surface area contributed by atoms with Gasteiger partial charge < -0.3 is 5.32 Å². The number of anilines is 1. The van der Waals surface area contributed by atoms with Crippen molar-refractivity contribution in [3.63, 3.8) is 0 Å². The highest BCUT2D eigenvalue weighted by atomic mass is 35.5. The number of Topliss-reactive ketones (excluding diaryl/α,β-unsaturated/α-hetero) is 1. The van der Waals surface area contributed by atoms with Crippen molar-refractivity contribution in [2.45, 2.75) is 6.42 Å². The van der Waals surface area contributed by atoms with E-state index in [2.05, 4.69) is 5.32 Å². The Balaban J connectivity index is 2.71. The molecule has 1 aromatic rings. The molecule has 1 heterocycles. The van der Waals surface area contributed by atoms with Crippen molar-refractivity contribution in [3.05, 3.63) is 28.3 Å². The van der Waals surface area contributed by atoms with Crippen LogP contribution >= 0.6 is 11.6 Å². The molecule has 0 bridgehead atoms. The van der Waals surface area contributed by atoms with Crippen LogP contribution in [0, 0.1) is 11.3 Å². The van der Waals surface area contributed by atoms with Gasteiger partial charge in [0.15, 0.2) is 5.78 Å². The SMILES string of the molecule is N#Cc1ccc(Cl)c2c1NCCC2=O. The number of nitriles is 1. The average molecular weight is 207 g/mol. The Morgan fingerprint density at radius 3 is 3.00 bits per heavy atom. The lowest BCUT2D eigenvalue weighted by Gasteiger charge is -2.18. The lowest BCUT2D eigenvalue weighted by molar-refractivity contribution is 0.0984. The molecule has 0 fully saturated rings. The first-order chi connectivity index (χ1) is 6.74. The largest absolute Gasteiger partial charge is 0.383 e. The molecule has 1 N–H and O–H groups in total. The fraction of sp³-hybridized carbons (Fsp3) is 0.200. The number of nitrogens with one attached hydrogen (secondary N) is 1. The summed E-state index contributed by atoms with van der Waals surface area (Å²) in [5.74, 6) is 0.000787. The minimum atomic E-state index is 0.000787. The Hall–Kier alpha value is -1.53. The van der Waals surface area contributed by atoms with Gasteiger partial charge in [-0.05, 0) is 12.1 Å². The molecule has 0 spiro atoms. The van der Waals surface area contributed by atoms with Gasteiger partial charge in [-0.15, -0.1) is 0 Å². The molecule has 0 amide bonds. The minimum absolute atomic E-state index is 0.000787. The summed E-state index contributed by atoms with van der Waals surface area (Å²) in [6.07, 6.45) is 0.432. The molecule has 0 aromatic heterocycles. The van der Waals surface area contributed by atoms with Crippen molar-refractivity contribution < 1.29 is 4.79 Å². The van der Waals surface area contributed by atoms with E-state index in [0.29, 0.717) is 34.8 Å². The van der Waals surface area contributed by atoms with Gasteiger partial charge in [0.2, 0.25) is 0 Å². The number of carbonyl (C=O) groups excluding carboxylic acids is 1. The minimum Gasteiger partial charge on any atom is -0.383 e. The van der Waals surface area contributed by atoms with E-state index in [1.54, 1.807) is 12.1 Å². The molecular weight excluding hydrogens is 200 g/mol. The normalized spacial score (nSPS) is 14.1. The van der Waals surface area contributed by atoms with Gasteiger partial charge in [-0.2, -0.15) is 5.26 Å². The van der Waals surface area contributed by atoms with Gasteiger partial charge in [0.25, 0.3) is 0 Å². The highest BCUT2D eigenvalue weighted by molar-refractivity contribution is 6.35. The first kappa shape index (κ1) is 9.04. The second kappa shape index (κ2) is 3.32. The number of ketones is 1. The number of hydrogen-bond acceptors (Lipinski definition) is 3. The van der Waals surface area contributed by atoms with Crippen molar-refractivity contribution in [1.82, 2.24) is 0 Å². The lowest BCUT2D eigenvalue weighted by atomic mass is 9.99. The third kappa shape index (κ3) is 1.24. The maximum atomic E-state index is 11.5. The highest BCUT2D eigenvalue weighted by Gasteiger charge is 2.22. The first-order valence-electron chi connectivity index (χ1n) is 4.23. The highest BCUT2D eigenvalue weighted by Crippen LogP contribution is 2.31. The zero-order valence-corrected chi connectivity index (χ0v) is 8.06. The molecule has 1 aromatic carbocycles. The lowest BCUT2D eigenvalue weighted by Crippen LogP contribution is -2.19. The molecule has 2 rings (SSSR count). The van der Waals surface area contributed by atoms with Crippen molar-refractivity contribution in [2.24, 2.45) is 0 Å². The molecule has 0 unspecified atom stereocenters. The Morgan fingerprint density at radius 1 is 1.50 bits per heavy atom. The van der Waals surface area contributed by atoms with Crippen molar-refractivity contribution in [1.29, 1.82) is 5.26 Å². The maximum absolute atomic E-state index is 11.5. The van der Waals surface area contributed by atoms with Gasteiger partial charge in [0.1, 0.15) is 6.07 Å². The fourth-order valence-electron chi connectivity index (χ4n) is 1.55. The summed E-state index contributed by atoms with van der Waals surface area (Å²) in [6.45, 7) is 0.570. The van der Waals surface area contributed by atoms with Crippen LogP contribution < -0.4 is 5.32 Å². The monoisotopic (exact) mass is 206 g/mol. The molecule has 14 heavy (non-hydrogen) atoms. The van der Waals surface area contributed by atoms with E-state index >= 15 is 0 Å². The van der Waals surface area contributed by atoms with Crippen LogP contribution in [0.15, 0.2) is 12.1 Å². The zero-order chi connectivity index (χ0) is 10.1. The van der Waals surface area contributed by atoms with Gasteiger partial charge in [-0.25, -0.2) is 0 Å². The van der Waals surface area contributed by atoms with Crippen molar-refractivity contribution in [2.75, 3.05) is 11.9 Å². The van der Waals surface area contributed by atoms with Gasteiger partial charge in [0, 0.05) is 13.0 Å². The zero-order valence-electron chi connectivity index (χ0n) is 7.30. The Kier molecular flexibility index (Phi) is 2.14. The number of hydrogen-bond donors (Lipinski definition) is 1. The second-order valence-corrected chi connectivity index (χ2v) is 3.46. The third-order valence-electron chi connectivity index (χ3n) is 2.21. The number of halogens is 1. The molecule has 0 aliphatic carbocycles. The first-order valence-corrected chi connectivity index (χ1v) is 4.61. The Labute approximate surface area is 86.3 Å². The summed E-state index contributed by atoms with van der Waals surface area (Å²) < 4.78 is 0. The standard InChI is InChI=1S/C10H7ClN2O/c11-7-2-1-6(5-12)10-9(7)8(14)3-4-13-10/h1-2,13H,3-4H2. The molecule has 0 atom stereocenters. The number of fused-ring (bicyclic) bond motifs is 1. The topological polar surface area (TPSA) is 52.9 Å². The summed E-state index contributed by atoms with van der Waals surface area (Å²) in [7, 11) is 0. The van der Waals surface area contributed by atoms with Crippen LogP contribution in [-0.2, 0) is 0 Å². The number of carbonyl (C=O) groups is 1. The summed E-state index contributed by atoms with van der Waals surface area (Å²) in [5, 5.41) is 12.3. The van der Waals surface area contributed by atoms with Crippen molar-refractivity contribution >= 4 is 23.1 Å². The number of benzene rings is 1. The summed E-state index contributed by atoms with van der Waals surface area (Å²) in [4.78, 5) is 11.5. The van der Waals surface area contributed by atoms with E-state index in [4.69, 9.17) is 16.9 Å². The molecule has 70 valence electrons. The van der Waals surface area contributed by atoms with E-state index < -0.39 is 0 Å². The van der Waals surface area contributed by atoms with Crippen molar-refractivity contribution in [3.8, 4) is 6.07 Å². The second-order valence-electron chi connectivity index (χ2n) is 3.06. The molecule has 0 radical (unpaired) electrons. The fourth-order valence-corrected chi connectivity index (χ4v) is 1.82. The Morgan fingerprint density at radius 2 is 2.29 bits per heavy atom. The smallest absolute Gasteiger partial charge is 0.168 e. The van der Waals surface area contributed by atoms with Crippen LogP contribution in [0.5, 0.6) is 0 Å². The van der Waals surface area contributed by atoms with Crippen LogP contribution in [0.3, 0.4) is 0 Å². The summed E-state index contributed by atoms with van der Waals surface area (Å²) in [5.41, 5.74) is 1.51. The number of rotatable bonds is 0. The van der Waals surface area contributed by atoms with E-state index in [0.717, 1.165) is 0 Å². The van der Waals surface area contributed by atoms with E-state index in [9.17, 15) is 4.79 Å². The number of nitrogens with zero attached hydrogens (tertiary/aromatic N) is 1. The molecule has 0 saturated carbocycles.